The Hall–Kier alpha value is -1.92. The van der Waals surface area contributed by atoms with Gasteiger partial charge < -0.3 is 9.80 Å². The SMILES string of the molecule is CCN1CCN(c2nc(-c3ccc(S(=O)(=O)N4CCS(O)(O)CC4)cc3)cc3ccccc23)CC1.Cl. The first-order chi connectivity index (χ1) is 16.8. The van der Waals surface area contributed by atoms with Gasteiger partial charge >= 0.3 is 0 Å². The highest BCUT2D eigenvalue weighted by molar-refractivity contribution is 8.24. The number of fused-ring (bicyclic) bond motifs is 1. The van der Waals surface area contributed by atoms with Gasteiger partial charge in [0.05, 0.1) is 22.1 Å². The minimum absolute atomic E-state index is 0. The number of likely N-dealkylation sites (N-methyl/N-ethyl adjacent to an activating group) is 1. The first-order valence-corrected chi connectivity index (χ1v) is 15.3. The third kappa shape index (κ3) is 5.50. The average molecular weight is 553 g/mol. The second-order valence-corrected chi connectivity index (χ2v) is 13.5. The lowest BCUT2D eigenvalue weighted by molar-refractivity contribution is 0.271. The van der Waals surface area contributed by atoms with E-state index in [4.69, 9.17) is 4.98 Å². The van der Waals surface area contributed by atoms with Crippen molar-refractivity contribution in [2.45, 2.75) is 11.8 Å². The third-order valence-corrected chi connectivity index (χ3v) is 10.5. The Bertz CT molecular complexity index is 1300. The molecule has 2 aromatic carbocycles. The van der Waals surface area contributed by atoms with Crippen LogP contribution in [-0.4, -0.2) is 89.0 Å². The van der Waals surface area contributed by atoms with Crippen LogP contribution < -0.4 is 4.90 Å². The fraction of sp³-hybridized carbons (Fsp3) is 0.400. The van der Waals surface area contributed by atoms with Crippen molar-refractivity contribution in [2.24, 2.45) is 0 Å². The molecule has 36 heavy (non-hydrogen) atoms. The molecular weight excluding hydrogens is 520 g/mol. The average Bonchev–Trinajstić information content (AvgIpc) is 2.88. The van der Waals surface area contributed by atoms with Crippen LogP contribution in [0.5, 0.6) is 0 Å². The molecule has 2 fully saturated rings. The zero-order valence-electron chi connectivity index (χ0n) is 20.3. The van der Waals surface area contributed by atoms with E-state index in [0.29, 0.717) is 0 Å². The number of benzene rings is 2. The summed E-state index contributed by atoms with van der Waals surface area (Å²) in [6.45, 7) is 7.34. The number of halogens is 1. The molecule has 2 aliphatic rings. The van der Waals surface area contributed by atoms with Gasteiger partial charge in [0.2, 0.25) is 10.0 Å². The van der Waals surface area contributed by atoms with Crippen LogP contribution in [-0.2, 0) is 10.0 Å². The minimum atomic E-state index is -3.69. The summed E-state index contributed by atoms with van der Waals surface area (Å²) in [6, 6.07) is 17.2. The first-order valence-electron chi connectivity index (χ1n) is 12.0. The Labute approximate surface area is 220 Å². The Kier molecular flexibility index (Phi) is 8.16. The summed E-state index contributed by atoms with van der Waals surface area (Å²) >= 11 is 0. The Morgan fingerprint density at radius 2 is 1.56 bits per heavy atom. The standard InChI is InChI=1S/C25H32N4O4S2.ClH/c1-2-27-11-13-28(14-12-27)25-23-6-4-3-5-21(23)19-24(26-25)20-7-9-22(10-8-20)35(32,33)29-15-17-34(30,31)18-16-29;/h3-10,19,30-31H,2,11-18H2,1H3;1H. The van der Waals surface area contributed by atoms with E-state index in [2.05, 4.69) is 34.9 Å². The molecule has 0 atom stereocenters. The molecule has 5 rings (SSSR count). The molecule has 2 saturated heterocycles. The van der Waals surface area contributed by atoms with Crippen LogP contribution in [0.1, 0.15) is 6.92 Å². The molecule has 2 aliphatic heterocycles. The maximum atomic E-state index is 13.1. The number of hydrogen-bond acceptors (Lipinski definition) is 7. The van der Waals surface area contributed by atoms with Crippen molar-refractivity contribution in [3.05, 3.63) is 54.6 Å². The van der Waals surface area contributed by atoms with Crippen LogP contribution in [0, 0.1) is 0 Å². The zero-order chi connectivity index (χ0) is 24.6. The van der Waals surface area contributed by atoms with E-state index in [-0.39, 0.29) is 41.9 Å². The number of pyridine rings is 1. The largest absolute Gasteiger partial charge is 0.354 e. The fourth-order valence-corrected chi connectivity index (χ4v) is 7.64. The van der Waals surface area contributed by atoms with Crippen molar-refractivity contribution in [1.82, 2.24) is 14.2 Å². The van der Waals surface area contributed by atoms with Crippen LogP contribution >= 0.6 is 23.0 Å². The van der Waals surface area contributed by atoms with Crippen molar-refractivity contribution in [3.63, 3.8) is 0 Å². The van der Waals surface area contributed by atoms with E-state index in [1.54, 1.807) is 24.3 Å². The van der Waals surface area contributed by atoms with E-state index in [0.717, 1.165) is 60.6 Å². The number of aromatic nitrogens is 1. The molecule has 0 unspecified atom stereocenters. The maximum absolute atomic E-state index is 13.1. The fourth-order valence-electron chi connectivity index (χ4n) is 4.74. The van der Waals surface area contributed by atoms with Gasteiger partial charge in [-0.2, -0.15) is 14.9 Å². The van der Waals surface area contributed by atoms with Gasteiger partial charge in [0, 0.05) is 50.2 Å². The molecule has 8 nitrogen and oxygen atoms in total. The summed E-state index contributed by atoms with van der Waals surface area (Å²) in [4.78, 5) is 10.0. The molecule has 1 aromatic heterocycles. The highest BCUT2D eigenvalue weighted by Crippen LogP contribution is 2.41. The second kappa shape index (κ2) is 10.8. The van der Waals surface area contributed by atoms with Crippen molar-refractivity contribution < 1.29 is 17.5 Å². The first kappa shape index (κ1) is 27.1. The number of hydrogen-bond donors (Lipinski definition) is 2. The van der Waals surface area contributed by atoms with Gasteiger partial charge in [-0.25, -0.2) is 13.4 Å². The van der Waals surface area contributed by atoms with Gasteiger partial charge in [-0.15, -0.1) is 12.4 Å². The van der Waals surface area contributed by atoms with E-state index in [9.17, 15) is 17.5 Å². The lowest BCUT2D eigenvalue weighted by Gasteiger charge is -2.40. The quantitative estimate of drug-likeness (QED) is 0.489. The molecule has 0 saturated carbocycles. The van der Waals surface area contributed by atoms with Gasteiger partial charge in [0.1, 0.15) is 5.82 Å². The number of piperazine rings is 1. The summed E-state index contributed by atoms with van der Waals surface area (Å²) in [6.07, 6.45) is 0. The maximum Gasteiger partial charge on any atom is 0.243 e. The van der Waals surface area contributed by atoms with Crippen molar-refractivity contribution in [2.75, 3.05) is 62.2 Å². The summed E-state index contributed by atoms with van der Waals surface area (Å²) in [5, 5.41) is 2.23. The summed E-state index contributed by atoms with van der Waals surface area (Å²) in [5.74, 6) is 1.14. The lowest BCUT2D eigenvalue weighted by Crippen LogP contribution is -2.46. The summed E-state index contributed by atoms with van der Waals surface area (Å²) in [5.41, 5.74) is 1.67. The molecule has 11 heteroatoms. The van der Waals surface area contributed by atoms with E-state index in [1.165, 1.54) is 4.31 Å². The van der Waals surface area contributed by atoms with Crippen molar-refractivity contribution >= 4 is 49.6 Å². The van der Waals surface area contributed by atoms with Gasteiger partial charge in [-0.05, 0) is 30.1 Å². The molecule has 3 heterocycles. The highest BCUT2D eigenvalue weighted by atomic mass is 35.5. The second-order valence-electron chi connectivity index (χ2n) is 9.11. The minimum Gasteiger partial charge on any atom is -0.354 e. The van der Waals surface area contributed by atoms with Crippen LogP contribution in [0.4, 0.5) is 5.82 Å². The van der Waals surface area contributed by atoms with Crippen LogP contribution in [0.25, 0.3) is 22.0 Å². The number of sulfonamides is 1. The predicted octanol–water partition coefficient (Wildman–Crippen LogP) is 4.22. The normalized spacial score (nSPS) is 20.1. The molecule has 196 valence electrons. The molecule has 0 amide bonds. The Morgan fingerprint density at radius 3 is 2.19 bits per heavy atom. The zero-order valence-corrected chi connectivity index (χ0v) is 22.7. The molecule has 0 bridgehead atoms. The molecule has 2 N–H and O–H groups in total. The predicted molar refractivity (Wildman–Crippen MR) is 150 cm³/mol. The molecule has 3 aromatic rings. The van der Waals surface area contributed by atoms with Gasteiger partial charge in [0.15, 0.2) is 0 Å². The molecule has 0 radical (unpaired) electrons. The topological polar surface area (TPSA) is 97.2 Å². The monoisotopic (exact) mass is 552 g/mol. The molecule has 0 aliphatic carbocycles. The van der Waals surface area contributed by atoms with E-state index in [1.807, 2.05) is 12.1 Å². The summed E-state index contributed by atoms with van der Waals surface area (Å²) in [7, 11) is -6.35. The smallest absolute Gasteiger partial charge is 0.243 e. The Morgan fingerprint density at radius 1 is 0.917 bits per heavy atom. The van der Waals surface area contributed by atoms with Crippen LogP contribution in [0.3, 0.4) is 0 Å². The molecular formula is C25H33ClN4O4S2. The number of rotatable bonds is 5. The highest BCUT2D eigenvalue weighted by Gasteiger charge is 2.31. The van der Waals surface area contributed by atoms with Crippen molar-refractivity contribution in [1.29, 1.82) is 0 Å². The van der Waals surface area contributed by atoms with Crippen LogP contribution in [0.15, 0.2) is 59.5 Å². The van der Waals surface area contributed by atoms with E-state index >= 15 is 0 Å². The third-order valence-electron chi connectivity index (χ3n) is 6.96. The van der Waals surface area contributed by atoms with Crippen molar-refractivity contribution in [3.8, 4) is 11.3 Å². The van der Waals surface area contributed by atoms with Crippen LogP contribution in [0.2, 0.25) is 0 Å². The molecule has 0 spiro atoms. The van der Waals surface area contributed by atoms with Gasteiger partial charge in [-0.1, -0.05) is 43.3 Å². The number of nitrogens with zero attached hydrogens (tertiary/aromatic N) is 4. The Balaban J connectivity index is 0.00000304. The van der Waals surface area contributed by atoms with E-state index < -0.39 is 20.6 Å². The number of anilines is 1. The van der Waals surface area contributed by atoms with Gasteiger partial charge in [-0.3, -0.25) is 9.11 Å². The lowest BCUT2D eigenvalue weighted by atomic mass is 10.1. The summed E-state index contributed by atoms with van der Waals surface area (Å²) < 4.78 is 47.1. The van der Waals surface area contributed by atoms with Gasteiger partial charge in [0.25, 0.3) is 0 Å².